The number of allylic oxidation sites excluding steroid dienone is 1. The van der Waals surface area contributed by atoms with Crippen molar-refractivity contribution in [2.24, 2.45) is 11.8 Å². The average Bonchev–Trinajstić information content (AvgIpc) is 2.25. The molecule has 0 fully saturated rings. The van der Waals surface area contributed by atoms with Gasteiger partial charge in [-0.1, -0.05) is 31.9 Å². The lowest BCUT2D eigenvalue weighted by atomic mass is 9.79. The van der Waals surface area contributed by atoms with Gasteiger partial charge in [0, 0.05) is 12.5 Å². The van der Waals surface area contributed by atoms with Crippen LogP contribution in [0.15, 0.2) is 12.2 Å². The van der Waals surface area contributed by atoms with Crippen LogP contribution in [0.1, 0.15) is 39.0 Å². The number of unbranched alkanes of at least 4 members (excludes halogenated alkanes) is 1. The highest BCUT2D eigenvalue weighted by Crippen LogP contribution is 2.29. The number of aliphatic hydroxyl groups excluding tert-OH is 2. The summed E-state index contributed by atoms with van der Waals surface area (Å²) in [5, 5.41) is 19.1. The maximum absolute atomic E-state index is 9.96. The molecule has 1 rings (SSSR count). The Hall–Kier alpha value is -0.340. The van der Waals surface area contributed by atoms with E-state index in [1.807, 2.05) is 0 Å². The zero-order chi connectivity index (χ0) is 10.4. The van der Waals surface area contributed by atoms with Crippen LogP contribution >= 0.6 is 0 Å². The second-order valence-corrected chi connectivity index (χ2v) is 4.23. The van der Waals surface area contributed by atoms with E-state index in [0.29, 0.717) is 0 Å². The van der Waals surface area contributed by atoms with E-state index in [1.54, 1.807) is 0 Å². The predicted octanol–water partition coefficient (Wildman–Crippen LogP) is 2.11. The van der Waals surface area contributed by atoms with Crippen molar-refractivity contribution in [2.45, 2.75) is 45.1 Å². The Balaban J connectivity index is 2.43. The van der Waals surface area contributed by atoms with Gasteiger partial charge in [0.1, 0.15) is 0 Å². The van der Waals surface area contributed by atoms with Gasteiger partial charge in [-0.2, -0.15) is 0 Å². The van der Waals surface area contributed by atoms with Crippen molar-refractivity contribution in [3.63, 3.8) is 0 Å². The van der Waals surface area contributed by atoms with Gasteiger partial charge in [0.2, 0.25) is 0 Å². The zero-order valence-electron chi connectivity index (χ0n) is 9.02. The smallest absolute Gasteiger partial charge is 0.0575 e. The molecule has 0 aromatic heterocycles. The van der Waals surface area contributed by atoms with Crippen molar-refractivity contribution >= 4 is 0 Å². The lowest BCUT2D eigenvalue weighted by Crippen LogP contribution is -2.30. The lowest BCUT2D eigenvalue weighted by Gasteiger charge is -2.30. The maximum atomic E-state index is 9.96. The van der Waals surface area contributed by atoms with Crippen molar-refractivity contribution < 1.29 is 10.2 Å². The van der Waals surface area contributed by atoms with Gasteiger partial charge in [0.05, 0.1) is 6.10 Å². The van der Waals surface area contributed by atoms with Gasteiger partial charge in [-0.05, 0) is 25.2 Å². The van der Waals surface area contributed by atoms with Crippen LogP contribution in [0.25, 0.3) is 0 Å². The van der Waals surface area contributed by atoms with E-state index < -0.39 is 0 Å². The first-order valence-electron chi connectivity index (χ1n) is 5.75. The maximum Gasteiger partial charge on any atom is 0.0575 e. The van der Waals surface area contributed by atoms with Crippen LogP contribution in [0, 0.1) is 11.8 Å². The summed E-state index contributed by atoms with van der Waals surface area (Å²) in [4.78, 5) is 0. The van der Waals surface area contributed by atoms with Gasteiger partial charge >= 0.3 is 0 Å². The fraction of sp³-hybridized carbons (Fsp3) is 0.833. The summed E-state index contributed by atoms with van der Waals surface area (Å²) in [6.07, 6.45) is 9.11. The second kappa shape index (κ2) is 6.20. The lowest BCUT2D eigenvalue weighted by molar-refractivity contribution is 0.0487. The molecule has 2 nitrogen and oxygen atoms in total. The van der Waals surface area contributed by atoms with Crippen LogP contribution in [0.3, 0.4) is 0 Å². The fourth-order valence-corrected chi connectivity index (χ4v) is 2.22. The number of rotatable bonds is 5. The summed E-state index contributed by atoms with van der Waals surface area (Å²) in [5.41, 5.74) is 0. The number of aliphatic hydroxyl groups is 2. The largest absolute Gasteiger partial charge is 0.396 e. The Morgan fingerprint density at radius 3 is 2.93 bits per heavy atom. The first-order valence-corrected chi connectivity index (χ1v) is 5.75. The molecule has 0 unspecified atom stereocenters. The van der Waals surface area contributed by atoms with Crippen molar-refractivity contribution in [3.05, 3.63) is 12.2 Å². The molecule has 82 valence electrons. The molecule has 0 aromatic carbocycles. The topological polar surface area (TPSA) is 40.5 Å². The van der Waals surface area contributed by atoms with E-state index in [9.17, 15) is 10.2 Å². The van der Waals surface area contributed by atoms with Crippen molar-refractivity contribution in [1.82, 2.24) is 0 Å². The van der Waals surface area contributed by atoms with Gasteiger partial charge in [-0.3, -0.25) is 0 Å². The molecule has 3 atom stereocenters. The van der Waals surface area contributed by atoms with E-state index in [-0.39, 0.29) is 24.5 Å². The van der Waals surface area contributed by atoms with E-state index in [0.717, 1.165) is 32.1 Å². The van der Waals surface area contributed by atoms with Gasteiger partial charge in [0.15, 0.2) is 0 Å². The Morgan fingerprint density at radius 1 is 1.50 bits per heavy atom. The monoisotopic (exact) mass is 198 g/mol. The highest BCUT2D eigenvalue weighted by atomic mass is 16.3. The molecule has 0 spiro atoms. The molecular formula is C12H22O2. The highest BCUT2D eigenvalue weighted by Gasteiger charge is 2.27. The van der Waals surface area contributed by atoms with Gasteiger partial charge in [-0.25, -0.2) is 0 Å². The zero-order valence-corrected chi connectivity index (χ0v) is 9.02. The molecule has 2 heteroatoms. The molecule has 0 saturated heterocycles. The SMILES string of the molecule is CCCC[C@@H](O)[C@H]1CCC=C[C@H]1CO. The third kappa shape index (κ3) is 3.10. The van der Waals surface area contributed by atoms with E-state index >= 15 is 0 Å². The molecule has 0 heterocycles. The average molecular weight is 198 g/mol. The predicted molar refractivity (Wildman–Crippen MR) is 58.0 cm³/mol. The molecule has 1 aliphatic rings. The molecule has 0 amide bonds. The third-order valence-corrected chi connectivity index (χ3v) is 3.16. The number of hydrogen-bond acceptors (Lipinski definition) is 2. The van der Waals surface area contributed by atoms with Crippen LogP contribution in [-0.2, 0) is 0 Å². The Morgan fingerprint density at radius 2 is 2.29 bits per heavy atom. The highest BCUT2D eigenvalue weighted by molar-refractivity contribution is 4.98. The van der Waals surface area contributed by atoms with E-state index in [4.69, 9.17) is 0 Å². The summed E-state index contributed by atoms with van der Waals surface area (Å²) in [6, 6.07) is 0. The normalized spacial score (nSPS) is 29.1. The summed E-state index contributed by atoms with van der Waals surface area (Å²) in [5.74, 6) is 0.451. The Labute approximate surface area is 86.6 Å². The Kier molecular flexibility index (Phi) is 5.20. The first-order chi connectivity index (χ1) is 6.79. The molecule has 0 aliphatic heterocycles. The molecule has 0 bridgehead atoms. The second-order valence-electron chi connectivity index (χ2n) is 4.23. The quantitative estimate of drug-likeness (QED) is 0.664. The molecule has 2 N–H and O–H groups in total. The summed E-state index contributed by atoms with van der Waals surface area (Å²) >= 11 is 0. The summed E-state index contributed by atoms with van der Waals surface area (Å²) in [6.45, 7) is 2.31. The van der Waals surface area contributed by atoms with Crippen LogP contribution in [0.2, 0.25) is 0 Å². The minimum Gasteiger partial charge on any atom is -0.396 e. The minimum atomic E-state index is -0.225. The summed E-state index contributed by atoms with van der Waals surface area (Å²) in [7, 11) is 0. The van der Waals surface area contributed by atoms with Crippen LogP contribution in [-0.4, -0.2) is 22.9 Å². The van der Waals surface area contributed by atoms with Crippen molar-refractivity contribution in [1.29, 1.82) is 0 Å². The molecule has 0 aromatic rings. The fourth-order valence-electron chi connectivity index (χ4n) is 2.22. The van der Waals surface area contributed by atoms with E-state index in [1.165, 1.54) is 0 Å². The molecule has 14 heavy (non-hydrogen) atoms. The number of hydrogen-bond donors (Lipinski definition) is 2. The Bertz CT molecular complexity index is 177. The standard InChI is InChI=1S/C12H22O2/c1-2-3-8-12(14)11-7-5-4-6-10(11)9-13/h4,6,10-14H,2-3,5,7-9H2,1H3/t10-,11-,12+/m0/s1. The molecule has 0 saturated carbocycles. The van der Waals surface area contributed by atoms with Crippen LogP contribution in [0.5, 0.6) is 0 Å². The van der Waals surface area contributed by atoms with Crippen molar-refractivity contribution in [2.75, 3.05) is 6.61 Å². The molecule has 1 aliphatic carbocycles. The first kappa shape index (κ1) is 11.7. The molecule has 0 radical (unpaired) electrons. The van der Waals surface area contributed by atoms with Crippen molar-refractivity contribution in [3.8, 4) is 0 Å². The minimum absolute atomic E-state index is 0.171. The van der Waals surface area contributed by atoms with Gasteiger partial charge in [0.25, 0.3) is 0 Å². The summed E-state index contributed by atoms with van der Waals surface area (Å²) < 4.78 is 0. The molecular weight excluding hydrogens is 176 g/mol. The third-order valence-electron chi connectivity index (χ3n) is 3.16. The van der Waals surface area contributed by atoms with Crippen LogP contribution < -0.4 is 0 Å². The van der Waals surface area contributed by atoms with Gasteiger partial charge < -0.3 is 10.2 Å². The van der Waals surface area contributed by atoms with Gasteiger partial charge in [-0.15, -0.1) is 0 Å². The van der Waals surface area contributed by atoms with Crippen LogP contribution in [0.4, 0.5) is 0 Å². The van der Waals surface area contributed by atoms with E-state index in [2.05, 4.69) is 19.1 Å².